The summed E-state index contributed by atoms with van der Waals surface area (Å²) in [4.78, 5) is 17.1. The van der Waals surface area contributed by atoms with E-state index in [4.69, 9.17) is 5.14 Å². The van der Waals surface area contributed by atoms with Crippen molar-refractivity contribution in [1.82, 2.24) is 4.98 Å². The lowest BCUT2D eigenvalue weighted by Gasteiger charge is -2.15. The Morgan fingerprint density at radius 2 is 2.14 bits per heavy atom. The Balaban J connectivity index is 1.66. The zero-order chi connectivity index (χ0) is 21.0. The summed E-state index contributed by atoms with van der Waals surface area (Å²) in [6, 6.07) is 1.24. The second-order valence-electron chi connectivity index (χ2n) is 8.00. The van der Waals surface area contributed by atoms with E-state index in [1.165, 1.54) is 6.20 Å². The molecule has 1 heterocycles. The molecule has 2 aromatic rings. The van der Waals surface area contributed by atoms with Crippen molar-refractivity contribution in [1.29, 1.82) is 0 Å². The summed E-state index contributed by atoms with van der Waals surface area (Å²) < 4.78 is 16.5. The van der Waals surface area contributed by atoms with Crippen molar-refractivity contribution in [2.75, 3.05) is 5.32 Å². The molecule has 0 fully saturated rings. The smallest absolute Gasteiger partial charge is 0.354 e. The number of aliphatic hydroxyl groups excluding tert-OH is 1. The van der Waals surface area contributed by atoms with Crippen molar-refractivity contribution < 1.29 is 19.2 Å². The van der Waals surface area contributed by atoms with Gasteiger partial charge in [-0.3, -0.25) is 0 Å². The van der Waals surface area contributed by atoms with Crippen LogP contribution >= 0.6 is 11.3 Å². The van der Waals surface area contributed by atoms with Crippen LogP contribution in [0.25, 0.3) is 0 Å². The van der Waals surface area contributed by atoms with Crippen molar-refractivity contribution in [3.8, 4) is 0 Å². The van der Waals surface area contributed by atoms with Crippen LogP contribution in [0.1, 0.15) is 59.9 Å². The number of hydrogen-bond donors (Lipinski definition) is 4. The highest BCUT2D eigenvalue weighted by Crippen LogP contribution is 2.42. The number of aromatic nitrogens is 1. The molecule has 5 N–H and O–H groups in total. The number of rotatable bonds is 3. The van der Waals surface area contributed by atoms with Crippen LogP contribution < -0.4 is 10.5 Å². The van der Waals surface area contributed by atoms with Gasteiger partial charge in [0, 0.05) is 11.9 Å². The minimum Gasteiger partial charge on any atom is -0.388 e. The predicted molar refractivity (Wildman–Crippen MR) is 111 cm³/mol. The SMILES string of the molecule is CC(C)(O)c1cnc([S@](N)(=O)=NC(=O)Nc2c3c(cc4c2CC[C@H]4O)CCC3)s1. The minimum absolute atomic E-state index is 0.0104. The first-order valence-corrected chi connectivity index (χ1v) is 11.9. The van der Waals surface area contributed by atoms with Gasteiger partial charge in [0.25, 0.3) is 0 Å². The van der Waals surface area contributed by atoms with E-state index in [1.54, 1.807) is 13.8 Å². The molecule has 2 aliphatic carbocycles. The zero-order valence-corrected chi connectivity index (χ0v) is 17.9. The number of thiazole rings is 1. The molecule has 29 heavy (non-hydrogen) atoms. The number of hydrogen-bond acceptors (Lipinski definition) is 6. The van der Waals surface area contributed by atoms with Crippen LogP contribution in [-0.4, -0.2) is 25.4 Å². The molecule has 0 spiro atoms. The van der Waals surface area contributed by atoms with Crippen LogP contribution in [0.3, 0.4) is 0 Å². The first-order valence-electron chi connectivity index (χ1n) is 9.46. The molecule has 0 aliphatic heterocycles. The normalized spacial score (nSPS) is 20.1. The summed E-state index contributed by atoms with van der Waals surface area (Å²) in [6.45, 7) is 3.16. The molecule has 0 radical (unpaired) electrons. The van der Waals surface area contributed by atoms with Gasteiger partial charge in [-0.05, 0) is 68.2 Å². The molecule has 2 aliphatic rings. The van der Waals surface area contributed by atoms with Gasteiger partial charge < -0.3 is 15.5 Å². The number of amides is 2. The van der Waals surface area contributed by atoms with Crippen LogP contribution in [0.2, 0.25) is 0 Å². The van der Waals surface area contributed by atoms with Crippen LogP contribution in [0.15, 0.2) is 21.0 Å². The first-order chi connectivity index (χ1) is 13.6. The molecule has 156 valence electrons. The number of carbonyl (C=O) groups is 1. The summed E-state index contributed by atoms with van der Waals surface area (Å²) in [5.74, 6) is 0. The standard InChI is InChI=1S/C19H24N4O4S2/c1-19(2,26)15-9-21-18(28-15)29(20,27)23-17(25)22-16-11-5-3-4-10(11)8-13-12(16)6-7-14(13)24/h8-9,14,24,26H,3-7H2,1-2H3,(H3,20,22,23,25,27)/t14-,29-/m1/s1. The van der Waals surface area contributed by atoms with Crippen LogP contribution in [0, 0.1) is 0 Å². The fraction of sp³-hybridized carbons (Fsp3) is 0.474. The highest BCUT2D eigenvalue weighted by atomic mass is 32.2. The van der Waals surface area contributed by atoms with Crippen LogP contribution in [-0.2, 0) is 34.8 Å². The molecule has 0 bridgehead atoms. The van der Waals surface area contributed by atoms with E-state index in [2.05, 4.69) is 14.7 Å². The largest absolute Gasteiger partial charge is 0.388 e. The maximum atomic E-state index is 12.8. The van der Waals surface area contributed by atoms with Crippen molar-refractivity contribution in [3.05, 3.63) is 39.4 Å². The number of aliphatic hydroxyl groups is 2. The van der Waals surface area contributed by atoms with E-state index in [0.29, 0.717) is 23.4 Å². The van der Waals surface area contributed by atoms with Gasteiger partial charge in [-0.25, -0.2) is 19.1 Å². The third kappa shape index (κ3) is 3.82. The summed E-state index contributed by atoms with van der Waals surface area (Å²) in [6.07, 6.45) is 4.87. The van der Waals surface area contributed by atoms with Gasteiger partial charge in [0.15, 0.2) is 9.92 Å². The topological polar surface area (TPSA) is 138 Å². The number of carbonyl (C=O) groups excluding carboxylic acids is 1. The zero-order valence-electron chi connectivity index (χ0n) is 16.3. The summed E-state index contributed by atoms with van der Waals surface area (Å²) in [7, 11) is -3.55. The average molecular weight is 437 g/mol. The van der Waals surface area contributed by atoms with E-state index in [0.717, 1.165) is 52.9 Å². The van der Waals surface area contributed by atoms with E-state index >= 15 is 0 Å². The third-order valence-corrected chi connectivity index (χ3v) is 8.47. The molecule has 1 aromatic heterocycles. The quantitative estimate of drug-likeness (QED) is 0.586. The fourth-order valence-corrected chi connectivity index (χ4v) is 6.02. The van der Waals surface area contributed by atoms with E-state index in [1.807, 2.05) is 6.07 Å². The Hall–Kier alpha value is -1.85. The number of nitrogens with zero attached hydrogens (tertiary/aromatic N) is 2. The minimum atomic E-state index is -3.55. The second kappa shape index (κ2) is 7.13. The lowest BCUT2D eigenvalue weighted by molar-refractivity contribution is 0.0823. The average Bonchev–Trinajstić information content (AvgIpc) is 3.33. The lowest BCUT2D eigenvalue weighted by atomic mass is 9.98. The van der Waals surface area contributed by atoms with E-state index in [-0.39, 0.29) is 4.34 Å². The van der Waals surface area contributed by atoms with Crippen molar-refractivity contribution in [2.24, 2.45) is 9.50 Å². The molecule has 0 saturated heterocycles. The van der Waals surface area contributed by atoms with Crippen molar-refractivity contribution in [3.63, 3.8) is 0 Å². The Kier molecular flexibility index (Phi) is 5.02. The predicted octanol–water partition coefficient (Wildman–Crippen LogP) is 2.77. The molecular formula is C19H24N4O4S2. The van der Waals surface area contributed by atoms with E-state index in [9.17, 15) is 19.2 Å². The number of benzene rings is 1. The van der Waals surface area contributed by atoms with Gasteiger partial charge in [-0.2, -0.15) is 0 Å². The Labute approximate surface area is 173 Å². The number of urea groups is 1. The summed E-state index contributed by atoms with van der Waals surface area (Å²) in [5.41, 5.74) is 3.48. The van der Waals surface area contributed by atoms with Crippen molar-refractivity contribution >= 4 is 33.0 Å². The Morgan fingerprint density at radius 3 is 2.83 bits per heavy atom. The number of nitrogens with two attached hydrogens (primary N) is 1. The van der Waals surface area contributed by atoms with Gasteiger partial charge in [-0.1, -0.05) is 6.07 Å². The molecule has 2 amide bonds. The van der Waals surface area contributed by atoms with Gasteiger partial charge >= 0.3 is 6.03 Å². The van der Waals surface area contributed by atoms with Gasteiger partial charge in [0.1, 0.15) is 0 Å². The Morgan fingerprint density at radius 1 is 1.38 bits per heavy atom. The lowest BCUT2D eigenvalue weighted by Crippen LogP contribution is -2.19. The monoisotopic (exact) mass is 436 g/mol. The fourth-order valence-electron chi connectivity index (χ4n) is 3.94. The highest BCUT2D eigenvalue weighted by molar-refractivity contribution is 7.93. The Bertz CT molecular complexity index is 1110. The molecule has 4 rings (SSSR count). The van der Waals surface area contributed by atoms with Crippen molar-refractivity contribution in [2.45, 2.75) is 62.0 Å². The number of fused-ring (bicyclic) bond motifs is 2. The molecule has 0 unspecified atom stereocenters. The third-order valence-electron chi connectivity index (χ3n) is 5.36. The second-order valence-corrected chi connectivity index (χ2v) is 11.0. The van der Waals surface area contributed by atoms with Gasteiger partial charge in [-0.15, -0.1) is 15.7 Å². The molecule has 2 atom stereocenters. The van der Waals surface area contributed by atoms with Gasteiger partial charge in [0.2, 0.25) is 4.34 Å². The molecule has 10 heteroatoms. The van der Waals surface area contributed by atoms with Crippen LogP contribution in [0.4, 0.5) is 10.5 Å². The van der Waals surface area contributed by atoms with Crippen LogP contribution in [0.5, 0.6) is 0 Å². The number of aryl methyl sites for hydroxylation is 1. The molecule has 0 saturated carbocycles. The molecule has 1 aromatic carbocycles. The molecular weight excluding hydrogens is 412 g/mol. The number of nitrogens with one attached hydrogen (secondary N) is 1. The first kappa shape index (κ1) is 20.4. The molecule has 8 nitrogen and oxygen atoms in total. The van der Waals surface area contributed by atoms with E-state index < -0.39 is 27.7 Å². The summed E-state index contributed by atoms with van der Waals surface area (Å²) in [5, 5.41) is 28.9. The maximum absolute atomic E-state index is 12.8. The highest BCUT2D eigenvalue weighted by Gasteiger charge is 2.29. The maximum Gasteiger partial charge on any atom is 0.354 e. The summed E-state index contributed by atoms with van der Waals surface area (Å²) >= 11 is 0.967. The number of anilines is 1. The van der Waals surface area contributed by atoms with Gasteiger partial charge in [0.05, 0.1) is 16.6 Å².